The van der Waals surface area contributed by atoms with Gasteiger partial charge in [-0.3, -0.25) is 4.98 Å². The molecule has 0 radical (unpaired) electrons. The second-order valence-electron chi connectivity index (χ2n) is 3.97. The molecule has 1 heterocycles. The monoisotopic (exact) mass is 347 g/mol. The van der Waals surface area contributed by atoms with E-state index in [2.05, 4.69) is 14.4 Å². The average Bonchev–Trinajstić information content (AvgIpc) is 2.99. The number of aromatic nitrogens is 1. The number of hydrogen-bond donors (Lipinski definition) is 2. The first kappa shape index (κ1) is 16.0. The van der Waals surface area contributed by atoms with Crippen molar-refractivity contribution in [3.63, 3.8) is 0 Å². The van der Waals surface area contributed by atoms with Gasteiger partial charge in [0.05, 0.1) is 15.3 Å². The third-order valence-electron chi connectivity index (χ3n) is 2.63. The second-order valence-corrected chi connectivity index (χ2v) is 8.60. The van der Waals surface area contributed by atoms with Gasteiger partial charge in [0.2, 0.25) is 20.0 Å². The maximum atomic E-state index is 12.1. The molecule has 10 heteroatoms. The fourth-order valence-electron chi connectivity index (χ4n) is 1.49. The molecule has 0 aliphatic heterocycles. The van der Waals surface area contributed by atoms with E-state index >= 15 is 0 Å². The summed E-state index contributed by atoms with van der Waals surface area (Å²) in [5.74, 6) is 0. The van der Waals surface area contributed by atoms with E-state index in [1.807, 2.05) is 0 Å². The highest BCUT2D eigenvalue weighted by molar-refractivity contribution is 7.90. The molecule has 0 aliphatic carbocycles. The van der Waals surface area contributed by atoms with E-state index in [-0.39, 0.29) is 16.3 Å². The lowest BCUT2D eigenvalue weighted by Gasteiger charge is -2.07. The Balaban J connectivity index is 2.17. The quantitative estimate of drug-likeness (QED) is 0.793. The van der Waals surface area contributed by atoms with E-state index in [1.54, 1.807) is 11.7 Å². The topological polar surface area (TPSA) is 105 Å². The van der Waals surface area contributed by atoms with Gasteiger partial charge in [0, 0.05) is 17.6 Å². The Morgan fingerprint density at radius 2 is 1.62 bits per heavy atom. The zero-order chi connectivity index (χ0) is 15.5. The molecule has 2 rings (SSSR count). The molecule has 0 fully saturated rings. The predicted molar refractivity (Wildman–Crippen MR) is 78.8 cm³/mol. The molecule has 114 valence electrons. The highest BCUT2D eigenvalue weighted by Gasteiger charge is 2.16. The van der Waals surface area contributed by atoms with Gasteiger partial charge >= 0.3 is 0 Å². The van der Waals surface area contributed by atoms with Crippen LogP contribution in [0.4, 0.5) is 0 Å². The van der Waals surface area contributed by atoms with Crippen LogP contribution >= 0.6 is 11.3 Å². The Hall–Kier alpha value is -1.33. The van der Waals surface area contributed by atoms with Gasteiger partial charge in [-0.25, -0.2) is 26.3 Å². The summed E-state index contributed by atoms with van der Waals surface area (Å²) >= 11 is 1.34. The molecule has 2 N–H and O–H groups in total. The lowest BCUT2D eigenvalue weighted by atomic mass is 10.4. The maximum absolute atomic E-state index is 12.1. The smallest absolute Gasteiger partial charge is 0.240 e. The van der Waals surface area contributed by atoms with Gasteiger partial charge in [-0.15, -0.1) is 11.3 Å². The summed E-state index contributed by atoms with van der Waals surface area (Å²) in [6.07, 6.45) is 1.58. The van der Waals surface area contributed by atoms with Crippen LogP contribution < -0.4 is 9.44 Å². The third-order valence-corrected chi connectivity index (χ3v) is 6.26. The van der Waals surface area contributed by atoms with Crippen LogP contribution in [0.5, 0.6) is 0 Å². The van der Waals surface area contributed by atoms with Gasteiger partial charge in [-0.1, -0.05) is 0 Å². The van der Waals surface area contributed by atoms with Gasteiger partial charge in [0.25, 0.3) is 0 Å². The van der Waals surface area contributed by atoms with Crippen LogP contribution in [0, 0.1) is 0 Å². The van der Waals surface area contributed by atoms with Crippen LogP contribution in [0.2, 0.25) is 0 Å². The number of thiazole rings is 1. The highest BCUT2D eigenvalue weighted by atomic mass is 32.2. The number of nitrogens with one attached hydrogen (secondary N) is 2. The Kier molecular flexibility index (Phi) is 4.74. The van der Waals surface area contributed by atoms with E-state index < -0.39 is 20.0 Å². The summed E-state index contributed by atoms with van der Waals surface area (Å²) in [5, 5.41) is 0. The van der Waals surface area contributed by atoms with Crippen LogP contribution in [-0.4, -0.2) is 28.9 Å². The molecule has 0 bridgehead atoms. The zero-order valence-electron chi connectivity index (χ0n) is 11.0. The minimum atomic E-state index is -3.69. The van der Waals surface area contributed by atoms with Crippen LogP contribution in [0.15, 0.2) is 45.8 Å². The molecule has 0 aliphatic rings. The molecular weight excluding hydrogens is 334 g/mol. The van der Waals surface area contributed by atoms with Gasteiger partial charge < -0.3 is 0 Å². The largest absolute Gasteiger partial charge is 0.253 e. The molecule has 2 aromatic rings. The summed E-state index contributed by atoms with van der Waals surface area (Å²) in [6.45, 7) is 0.142. The van der Waals surface area contributed by atoms with Crippen molar-refractivity contribution in [2.24, 2.45) is 0 Å². The molecule has 0 amide bonds. The second kappa shape index (κ2) is 6.20. The van der Waals surface area contributed by atoms with Crippen molar-refractivity contribution in [2.75, 3.05) is 7.05 Å². The zero-order valence-corrected chi connectivity index (χ0v) is 13.4. The minimum Gasteiger partial charge on any atom is -0.253 e. The average molecular weight is 347 g/mol. The molecule has 7 nitrogen and oxygen atoms in total. The minimum absolute atomic E-state index is 0.00192. The van der Waals surface area contributed by atoms with Crippen LogP contribution in [0.3, 0.4) is 0 Å². The van der Waals surface area contributed by atoms with Crippen molar-refractivity contribution in [2.45, 2.75) is 16.3 Å². The molecule has 21 heavy (non-hydrogen) atoms. The fourth-order valence-corrected chi connectivity index (χ4v) is 3.86. The molecular formula is C11H13N3O4S3. The van der Waals surface area contributed by atoms with Crippen molar-refractivity contribution in [1.29, 1.82) is 0 Å². The summed E-state index contributed by atoms with van der Waals surface area (Å²) < 4.78 is 51.8. The molecule has 0 spiro atoms. The Morgan fingerprint density at radius 3 is 2.10 bits per heavy atom. The van der Waals surface area contributed by atoms with Crippen molar-refractivity contribution >= 4 is 31.4 Å². The van der Waals surface area contributed by atoms with Gasteiger partial charge in [-0.05, 0) is 31.3 Å². The van der Waals surface area contributed by atoms with Crippen molar-refractivity contribution in [3.05, 3.63) is 40.8 Å². The van der Waals surface area contributed by atoms with Gasteiger partial charge in [0.1, 0.15) is 0 Å². The molecule has 0 saturated heterocycles. The predicted octanol–water partition coefficient (Wildman–Crippen LogP) is 0.530. The first-order valence-corrected chi connectivity index (χ1v) is 9.60. The maximum Gasteiger partial charge on any atom is 0.240 e. The lowest BCUT2D eigenvalue weighted by molar-refractivity contribution is 0.580. The van der Waals surface area contributed by atoms with Crippen molar-refractivity contribution in [1.82, 2.24) is 14.4 Å². The van der Waals surface area contributed by atoms with Crippen molar-refractivity contribution < 1.29 is 16.8 Å². The summed E-state index contributed by atoms with van der Waals surface area (Å²) in [5.41, 5.74) is 1.61. The lowest BCUT2D eigenvalue weighted by Crippen LogP contribution is -2.23. The number of sulfonamides is 2. The van der Waals surface area contributed by atoms with E-state index in [1.165, 1.54) is 42.6 Å². The number of hydrogen-bond acceptors (Lipinski definition) is 6. The Bertz CT molecular complexity index is 797. The SMILES string of the molecule is CNS(=O)(=O)c1ccc(S(=O)(=O)NCc2cncs2)cc1. The van der Waals surface area contributed by atoms with Gasteiger partial charge in [-0.2, -0.15) is 0 Å². The molecule has 1 aromatic heterocycles. The number of rotatable bonds is 6. The first-order valence-electron chi connectivity index (χ1n) is 5.76. The van der Waals surface area contributed by atoms with Crippen molar-refractivity contribution in [3.8, 4) is 0 Å². The summed E-state index contributed by atoms with van der Waals surface area (Å²) in [4.78, 5) is 4.65. The standard InChI is InChI=1S/C11H13N3O4S3/c1-12-20(15,16)10-2-4-11(5-3-10)21(17,18)14-7-9-6-13-8-19-9/h2-6,8,12,14H,7H2,1H3. The highest BCUT2D eigenvalue weighted by Crippen LogP contribution is 2.15. The first-order chi connectivity index (χ1) is 9.85. The molecule has 0 unspecified atom stereocenters. The van der Waals surface area contributed by atoms with E-state index in [0.717, 1.165) is 4.88 Å². The number of benzene rings is 1. The Labute approximate surface area is 127 Å². The van der Waals surface area contributed by atoms with Crippen LogP contribution in [0.25, 0.3) is 0 Å². The molecule has 0 saturated carbocycles. The third kappa shape index (κ3) is 3.86. The summed E-state index contributed by atoms with van der Waals surface area (Å²) in [6, 6.07) is 4.98. The normalized spacial score (nSPS) is 12.4. The fraction of sp³-hybridized carbons (Fsp3) is 0.182. The molecule has 1 aromatic carbocycles. The van der Waals surface area contributed by atoms with Gasteiger partial charge in [0.15, 0.2) is 0 Å². The van der Waals surface area contributed by atoms with E-state index in [0.29, 0.717) is 0 Å². The summed E-state index contributed by atoms with van der Waals surface area (Å²) in [7, 11) is -5.98. The number of nitrogens with zero attached hydrogens (tertiary/aromatic N) is 1. The van der Waals surface area contributed by atoms with E-state index in [4.69, 9.17) is 0 Å². The molecule has 0 atom stereocenters. The Morgan fingerprint density at radius 1 is 1.05 bits per heavy atom. The van der Waals surface area contributed by atoms with Crippen LogP contribution in [-0.2, 0) is 26.6 Å². The van der Waals surface area contributed by atoms with E-state index in [9.17, 15) is 16.8 Å². The van der Waals surface area contributed by atoms with Crippen LogP contribution in [0.1, 0.15) is 4.88 Å².